The molecule has 0 saturated carbocycles. The van der Waals surface area contributed by atoms with Gasteiger partial charge in [0, 0.05) is 25.2 Å². The average Bonchev–Trinajstić information content (AvgIpc) is 2.77. The Morgan fingerprint density at radius 3 is 2.58 bits per heavy atom. The average molecular weight is 260 g/mol. The molecule has 0 aliphatic carbocycles. The van der Waals surface area contributed by atoms with E-state index in [1.807, 2.05) is 12.1 Å². The van der Waals surface area contributed by atoms with Crippen molar-refractivity contribution < 1.29 is 0 Å². The van der Waals surface area contributed by atoms with E-state index in [-0.39, 0.29) is 0 Å². The van der Waals surface area contributed by atoms with Crippen molar-refractivity contribution in [3.8, 4) is 0 Å². The minimum absolute atomic E-state index is 0.781. The van der Waals surface area contributed by atoms with Gasteiger partial charge in [-0.3, -0.25) is 0 Å². The van der Waals surface area contributed by atoms with Crippen LogP contribution in [0.4, 0.5) is 5.69 Å². The summed E-state index contributed by atoms with van der Waals surface area (Å²) in [6, 6.07) is 6.00. The number of imidazole rings is 1. The van der Waals surface area contributed by atoms with Crippen molar-refractivity contribution in [1.29, 1.82) is 0 Å². The van der Waals surface area contributed by atoms with Gasteiger partial charge in [0.2, 0.25) is 0 Å². The molecule has 2 N–H and O–H groups in total. The predicted octanol–water partition coefficient (Wildman–Crippen LogP) is 2.52. The van der Waals surface area contributed by atoms with Crippen LogP contribution in [0.1, 0.15) is 26.6 Å². The number of benzene rings is 1. The van der Waals surface area contributed by atoms with E-state index < -0.39 is 0 Å². The van der Waals surface area contributed by atoms with Gasteiger partial charge >= 0.3 is 0 Å². The number of aryl methyl sites for hydroxylation is 1. The van der Waals surface area contributed by atoms with Crippen LogP contribution in [-0.4, -0.2) is 34.1 Å². The second-order valence-corrected chi connectivity index (χ2v) is 4.81. The zero-order chi connectivity index (χ0) is 13.8. The summed E-state index contributed by atoms with van der Waals surface area (Å²) in [5.41, 5.74) is 8.82. The van der Waals surface area contributed by atoms with E-state index in [0.717, 1.165) is 49.6 Å². The van der Waals surface area contributed by atoms with Crippen molar-refractivity contribution in [2.45, 2.75) is 33.7 Å². The van der Waals surface area contributed by atoms with Crippen LogP contribution in [0.3, 0.4) is 0 Å². The van der Waals surface area contributed by atoms with E-state index in [4.69, 9.17) is 5.73 Å². The van der Waals surface area contributed by atoms with Crippen molar-refractivity contribution >= 4 is 16.7 Å². The topological polar surface area (TPSA) is 47.1 Å². The first kappa shape index (κ1) is 13.9. The molecule has 0 unspecified atom stereocenters. The quantitative estimate of drug-likeness (QED) is 0.812. The molecule has 19 heavy (non-hydrogen) atoms. The molecule has 0 atom stereocenters. The van der Waals surface area contributed by atoms with E-state index in [9.17, 15) is 0 Å². The van der Waals surface area contributed by atoms with Crippen LogP contribution in [0.5, 0.6) is 0 Å². The Morgan fingerprint density at radius 2 is 1.95 bits per heavy atom. The van der Waals surface area contributed by atoms with Crippen LogP contribution >= 0.6 is 0 Å². The molecule has 1 aromatic carbocycles. The van der Waals surface area contributed by atoms with E-state index in [0.29, 0.717) is 0 Å². The third-order valence-corrected chi connectivity index (χ3v) is 3.70. The fourth-order valence-electron chi connectivity index (χ4n) is 2.50. The molecule has 0 saturated heterocycles. The van der Waals surface area contributed by atoms with Crippen LogP contribution in [0.25, 0.3) is 11.0 Å². The van der Waals surface area contributed by atoms with Crippen molar-refractivity contribution in [2.75, 3.05) is 25.4 Å². The van der Waals surface area contributed by atoms with Crippen LogP contribution in [0, 0.1) is 0 Å². The third-order valence-electron chi connectivity index (χ3n) is 3.70. The van der Waals surface area contributed by atoms with Gasteiger partial charge in [-0.2, -0.15) is 0 Å². The first-order valence-electron chi connectivity index (χ1n) is 7.16. The highest BCUT2D eigenvalue weighted by Gasteiger charge is 2.10. The van der Waals surface area contributed by atoms with Gasteiger partial charge in [-0.1, -0.05) is 20.8 Å². The molecule has 0 aliphatic rings. The number of hydrogen-bond donors (Lipinski definition) is 1. The predicted molar refractivity (Wildman–Crippen MR) is 81.3 cm³/mol. The van der Waals surface area contributed by atoms with Crippen molar-refractivity contribution in [3.05, 3.63) is 24.0 Å². The zero-order valence-corrected chi connectivity index (χ0v) is 12.2. The monoisotopic (exact) mass is 260 g/mol. The molecular formula is C15H24N4. The molecule has 0 amide bonds. The normalized spacial score (nSPS) is 11.6. The molecule has 0 aliphatic heterocycles. The minimum atomic E-state index is 0.781. The highest BCUT2D eigenvalue weighted by atomic mass is 15.2. The smallest absolute Gasteiger partial charge is 0.109 e. The first-order valence-corrected chi connectivity index (χ1v) is 7.16. The van der Waals surface area contributed by atoms with Gasteiger partial charge < -0.3 is 15.2 Å². The fourth-order valence-corrected chi connectivity index (χ4v) is 2.50. The lowest BCUT2D eigenvalue weighted by Crippen LogP contribution is -2.27. The van der Waals surface area contributed by atoms with Crippen molar-refractivity contribution in [2.24, 2.45) is 0 Å². The molecule has 104 valence electrons. The fraction of sp³-hybridized carbons (Fsp3) is 0.533. The Balaban J connectivity index is 2.30. The van der Waals surface area contributed by atoms with Crippen molar-refractivity contribution in [3.63, 3.8) is 0 Å². The number of aromatic nitrogens is 2. The number of rotatable bonds is 6. The summed E-state index contributed by atoms with van der Waals surface area (Å²) < 4.78 is 2.33. The van der Waals surface area contributed by atoms with E-state index in [1.165, 1.54) is 5.52 Å². The number of nitrogens with zero attached hydrogens (tertiary/aromatic N) is 3. The number of nitrogens with two attached hydrogens (primary N) is 1. The Kier molecular flexibility index (Phi) is 4.43. The molecule has 2 rings (SSSR count). The van der Waals surface area contributed by atoms with E-state index >= 15 is 0 Å². The van der Waals surface area contributed by atoms with Gasteiger partial charge in [-0.15, -0.1) is 0 Å². The van der Waals surface area contributed by atoms with E-state index in [1.54, 1.807) is 0 Å². The lowest BCUT2D eigenvalue weighted by Gasteiger charge is -2.19. The lowest BCUT2D eigenvalue weighted by atomic mass is 10.3. The molecule has 0 spiro atoms. The Labute approximate surface area is 115 Å². The Hall–Kier alpha value is -1.55. The van der Waals surface area contributed by atoms with Gasteiger partial charge in [-0.25, -0.2) is 4.98 Å². The standard InChI is InChI=1S/C15H24N4/c1-4-15-17-13-11-12(16)7-8-14(13)19(15)10-9-18(5-2)6-3/h7-8,11H,4-6,9-10,16H2,1-3H3. The summed E-state index contributed by atoms with van der Waals surface area (Å²) in [4.78, 5) is 7.12. The number of nitrogen functional groups attached to an aromatic ring is 1. The maximum atomic E-state index is 5.83. The van der Waals surface area contributed by atoms with E-state index in [2.05, 4.69) is 41.3 Å². The first-order chi connectivity index (χ1) is 9.19. The summed E-state index contributed by atoms with van der Waals surface area (Å²) in [5, 5.41) is 0. The SMILES string of the molecule is CCc1nc2cc(N)ccc2n1CCN(CC)CC. The summed E-state index contributed by atoms with van der Waals surface area (Å²) >= 11 is 0. The number of likely N-dealkylation sites (N-methyl/N-ethyl adjacent to an activating group) is 1. The van der Waals surface area contributed by atoms with Crippen LogP contribution in [0.2, 0.25) is 0 Å². The van der Waals surface area contributed by atoms with Crippen LogP contribution in [-0.2, 0) is 13.0 Å². The molecule has 0 fully saturated rings. The summed E-state index contributed by atoms with van der Waals surface area (Å²) in [6.07, 6.45) is 0.951. The molecule has 1 aromatic heterocycles. The molecule has 2 aromatic rings. The van der Waals surface area contributed by atoms with Crippen LogP contribution in [0.15, 0.2) is 18.2 Å². The summed E-state index contributed by atoms with van der Waals surface area (Å²) in [7, 11) is 0. The molecule has 0 radical (unpaired) electrons. The molecular weight excluding hydrogens is 236 g/mol. The third kappa shape index (κ3) is 2.89. The van der Waals surface area contributed by atoms with Gasteiger partial charge in [0.15, 0.2) is 0 Å². The second kappa shape index (κ2) is 6.06. The largest absolute Gasteiger partial charge is 0.399 e. The van der Waals surface area contributed by atoms with Gasteiger partial charge in [0.1, 0.15) is 5.82 Å². The number of fused-ring (bicyclic) bond motifs is 1. The second-order valence-electron chi connectivity index (χ2n) is 4.81. The lowest BCUT2D eigenvalue weighted by molar-refractivity contribution is 0.290. The zero-order valence-electron chi connectivity index (χ0n) is 12.2. The number of hydrogen-bond acceptors (Lipinski definition) is 3. The van der Waals surface area contributed by atoms with Gasteiger partial charge in [0.05, 0.1) is 11.0 Å². The summed E-state index contributed by atoms with van der Waals surface area (Å²) in [6.45, 7) is 10.8. The molecule has 1 heterocycles. The Bertz CT molecular complexity index is 540. The highest BCUT2D eigenvalue weighted by Crippen LogP contribution is 2.19. The summed E-state index contributed by atoms with van der Waals surface area (Å²) in [5.74, 6) is 1.15. The maximum absolute atomic E-state index is 5.83. The highest BCUT2D eigenvalue weighted by molar-refractivity contribution is 5.79. The Morgan fingerprint density at radius 1 is 1.21 bits per heavy atom. The number of anilines is 1. The van der Waals surface area contributed by atoms with Crippen LogP contribution < -0.4 is 5.73 Å². The van der Waals surface area contributed by atoms with Gasteiger partial charge in [0.25, 0.3) is 0 Å². The molecule has 4 nitrogen and oxygen atoms in total. The maximum Gasteiger partial charge on any atom is 0.109 e. The molecule has 0 bridgehead atoms. The van der Waals surface area contributed by atoms with Gasteiger partial charge in [-0.05, 0) is 31.3 Å². The molecule has 4 heteroatoms. The minimum Gasteiger partial charge on any atom is -0.399 e. The van der Waals surface area contributed by atoms with Crippen molar-refractivity contribution in [1.82, 2.24) is 14.5 Å².